The van der Waals surface area contributed by atoms with Crippen molar-refractivity contribution < 1.29 is 4.74 Å². The Hall–Kier alpha value is -0.700. The smallest absolute Gasteiger partial charge is 0.125 e. The highest BCUT2D eigenvalue weighted by Crippen LogP contribution is 2.23. The molecule has 4 heteroatoms. The monoisotopic (exact) mass is 271 g/mol. The van der Waals surface area contributed by atoms with Gasteiger partial charge in [0.2, 0.25) is 0 Å². The van der Waals surface area contributed by atoms with Crippen molar-refractivity contribution in [2.24, 2.45) is 0 Å². The normalized spacial score (nSPS) is 16.0. The maximum Gasteiger partial charge on any atom is 0.125 e. The maximum absolute atomic E-state index is 5.79. The van der Waals surface area contributed by atoms with Gasteiger partial charge in [0, 0.05) is 23.7 Å². The van der Waals surface area contributed by atoms with Crippen molar-refractivity contribution in [3.63, 3.8) is 0 Å². The fraction of sp³-hybridized carbons (Fsp3) is 0.385. The van der Waals surface area contributed by atoms with E-state index in [0.717, 1.165) is 17.9 Å². The van der Waals surface area contributed by atoms with Gasteiger partial charge in [-0.15, -0.1) is 0 Å². The summed E-state index contributed by atoms with van der Waals surface area (Å²) >= 11 is 11.3. The lowest BCUT2D eigenvalue weighted by molar-refractivity contribution is 0.354. The number of rotatable bonds is 6. The number of hydrogen-bond donors (Lipinski definition) is 1. The molecule has 0 bridgehead atoms. The average Bonchev–Trinajstić information content (AvgIpc) is 3.18. The van der Waals surface area contributed by atoms with Crippen LogP contribution < -0.4 is 10.1 Å². The Kier molecular flexibility index (Phi) is 4.72. The summed E-state index contributed by atoms with van der Waals surface area (Å²) in [7, 11) is 0. The summed E-state index contributed by atoms with van der Waals surface area (Å²) in [6.07, 6.45) is 2.56. The van der Waals surface area contributed by atoms with Crippen LogP contribution in [0.15, 0.2) is 34.8 Å². The van der Waals surface area contributed by atoms with Gasteiger partial charge >= 0.3 is 0 Å². The summed E-state index contributed by atoms with van der Waals surface area (Å²) in [6, 6.07) is 8.66. The first-order chi connectivity index (χ1) is 8.29. The number of ether oxygens (including phenoxy) is 1. The molecule has 1 aliphatic rings. The third-order valence-electron chi connectivity index (χ3n) is 2.62. The number of hydrogen-bond acceptors (Lipinski definition) is 2. The summed E-state index contributed by atoms with van der Waals surface area (Å²) in [5.41, 5.74) is 2.48. The molecule has 17 heavy (non-hydrogen) atoms. The molecule has 1 fully saturated rings. The van der Waals surface area contributed by atoms with E-state index in [9.17, 15) is 0 Å². The molecular weight excluding hydrogens is 257 g/mol. The highest BCUT2D eigenvalue weighted by Gasteiger charge is 2.20. The molecule has 0 saturated heterocycles. The summed E-state index contributed by atoms with van der Waals surface area (Å²) in [6.45, 7) is 1.15. The zero-order valence-corrected chi connectivity index (χ0v) is 11.0. The Labute approximate surface area is 112 Å². The molecule has 0 atom stereocenters. The Bertz CT molecular complexity index is 402. The minimum atomic E-state index is 0.311. The van der Waals surface area contributed by atoms with Crippen LogP contribution in [-0.4, -0.2) is 12.6 Å². The van der Waals surface area contributed by atoms with Crippen molar-refractivity contribution in [2.45, 2.75) is 25.4 Å². The van der Waals surface area contributed by atoms with Gasteiger partial charge in [-0.1, -0.05) is 41.4 Å². The molecule has 0 spiro atoms. The first kappa shape index (κ1) is 12.7. The Morgan fingerprint density at radius 1 is 1.41 bits per heavy atom. The van der Waals surface area contributed by atoms with E-state index in [-0.39, 0.29) is 0 Å². The number of halogens is 2. The molecule has 92 valence electrons. The number of para-hydroxylation sites is 1. The molecule has 0 amide bonds. The van der Waals surface area contributed by atoms with Crippen molar-refractivity contribution in [1.29, 1.82) is 0 Å². The lowest BCUT2D eigenvalue weighted by Crippen LogP contribution is -2.16. The molecule has 1 saturated carbocycles. The van der Waals surface area contributed by atoms with Gasteiger partial charge in [0.1, 0.15) is 12.4 Å². The SMILES string of the molecule is ClC=C(Cl)COc1ccccc1CNC1CC1. The fourth-order valence-corrected chi connectivity index (χ4v) is 1.63. The van der Waals surface area contributed by atoms with E-state index in [1.54, 1.807) is 0 Å². The fourth-order valence-electron chi connectivity index (χ4n) is 1.51. The van der Waals surface area contributed by atoms with Crippen molar-refractivity contribution in [3.05, 3.63) is 40.4 Å². The summed E-state index contributed by atoms with van der Waals surface area (Å²) < 4.78 is 5.62. The van der Waals surface area contributed by atoms with E-state index >= 15 is 0 Å². The molecule has 2 nitrogen and oxygen atoms in total. The zero-order chi connectivity index (χ0) is 12.1. The first-order valence-electron chi connectivity index (χ1n) is 5.68. The van der Waals surface area contributed by atoms with E-state index in [2.05, 4.69) is 11.4 Å². The van der Waals surface area contributed by atoms with Gasteiger partial charge in [-0.05, 0) is 18.9 Å². The number of benzene rings is 1. The van der Waals surface area contributed by atoms with Crippen LogP contribution in [0.3, 0.4) is 0 Å². The van der Waals surface area contributed by atoms with E-state index < -0.39 is 0 Å². The minimum Gasteiger partial charge on any atom is -0.488 e. The van der Waals surface area contributed by atoms with Crippen LogP contribution in [0.1, 0.15) is 18.4 Å². The molecule has 1 N–H and O–H groups in total. The predicted octanol–water partition coefficient (Wildman–Crippen LogP) is 3.64. The summed E-state index contributed by atoms with van der Waals surface area (Å²) in [4.78, 5) is 0. The highest BCUT2D eigenvalue weighted by molar-refractivity contribution is 6.36. The van der Waals surface area contributed by atoms with Crippen LogP contribution in [0.5, 0.6) is 5.75 Å². The van der Waals surface area contributed by atoms with Gasteiger partial charge in [-0.25, -0.2) is 0 Å². The van der Waals surface area contributed by atoms with Crippen LogP contribution in [0.2, 0.25) is 0 Å². The third-order valence-corrected chi connectivity index (χ3v) is 3.21. The quantitative estimate of drug-likeness (QED) is 0.853. The molecule has 1 aliphatic carbocycles. The minimum absolute atomic E-state index is 0.311. The second kappa shape index (κ2) is 6.29. The van der Waals surface area contributed by atoms with Crippen LogP contribution in [0, 0.1) is 0 Å². The third kappa shape index (κ3) is 4.23. The molecule has 1 aromatic rings. The lowest BCUT2D eigenvalue weighted by atomic mass is 10.2. The van der Waals surface area contributed by atoms with Gasteiger partial charge < -0.3 is 10.1 Å². The number of nitrogens with one attached hydrogen (secondary N) is 1. The molecule has 2 rings (SSSR count). The maximum atomic E-state index is 5.79. The van der Waals surface area contributed by atoms with Crippen molar-refractivity contribution in [3.8, 4) is 5.75 Å². The van der Waals surface area contributed by atoms with Crippen LogP contribution in [0.25, 0.3) is 0 Å². The van der Waals surface area contributed by atoms with Gasteiger partial charge in [-0.2, -0.15) is 0 Å². The van der Waals surface area contributed by atoms with E-state index in [1.807, 2.05) is 18.2 Å². The zero-order valence-electron chi connectivity index (χ0n) is 9.46. The van der Waals surface area contributed by atoms with E-state index in [4.69, 9.17) is 27.9 Å². The summed E-state index contributed by atoms with van der Waals surface area (Å²) in [5.74, 6) is 0.859. The molecule has 0 aliphatic heterocycles. The van der Waals surface area contributed by atoms with Crippen LogP contribution in [-0.2, 0) is 6.54 Å². The average molecular weight is 272 g/mol. The Morgan fingerprint density at radius 2 is 2.18 bits per heavy atom. The molecule has 0 aromatic heterocycles. The van der Waals surface area contributed by atoms with Crippen molar-refractivity contribution in [2.75, 3.05) is 6.61 Å². The Balaban J connectivity index is 1.93. The second-order valence-corrected chi connectivity index (χ2v) is 4.81. The van der Waals surface area contributed by atoms with Gasteiger partial charge in [-0.3, -0.25) is 0 Å². The van der Waals surface area contributed by atoms with E-state index in [1.165, 1.54) is 18.4 Å². The summed E-state index contributed by atoms with van der Waals surface area (Å²) in [5, 5.41) is 3.96. The molecule has 0 radical (unpaired) electrons. The van der Waals surface area contributed by atoms with Gasteiger partial charge in [0.05, 0.1) is 5.03 Å². The highest BCUT2D eigenvalue weighted by atomic mass is 35.5. The van der Waals surface area contributed by atoms with Gasteiger partial charge in [0.15, 0.2) is 0 Å². The molecule has 0 unspecified atom stereocenters. The van der Waals surface area contributed by atoms with Gasteiger partial charge in [0.25, 0.3) is 0 Å². The topological polar surface area (TPSA) is 21.3 Å². The Morgan fingerprint density at radius 3 is 2.88 bits per heavy atom. The predicted molar refractivity (Wildman–Crippen MR) is 71.6 cm³/mol. The van der Waals surface area contributed by atoms with E-state index in [0.29, 0.717) is 17.7 Å². The van der Waals surface area contributed by atoms with Crippen molar-refractivity contribution in [1.82, 2.24) is 5.32 Å². The molecular formula is C13H15Cl2NO. The van der Waals surface area contributed by atoms with Crippen LogP contribution >= 0.6 is 23.2 Å². The molecule has 1 aromatic carbocycles. The largest absolute Gasteiger partial charge is 0.488 e. The lowest BCUT2D eigenvalue weighted by Gasteiger charge is -2.11. The first-order valence-corrected chi connectivity index (χ1v) is 6.50. The van der Waals surface area contributed by atoms with Crippen LogP contribution in [0.4, 0.5) is 0 Å². The second-order valence-electron chi connectivity index (χ2n) is 4.11. The molecule has 0 heterocycles. The van der Waals surface area contributed by atoms with Crippen molar-refractivity contribution >= 4 is 23.2 Å². The standard InChI is InChI=1S/C13H15Cl2NO/c14-7-11(15)9-17-13-4-2-1-3-10(13)8-16-12-5-6-12/h1-4,7,12,16H,5-6,8-9H2.